The summed E-state index contributed by atoms with van der Waals surface area (Å²) in [5, 5.41) is 19.7. The van der Waals surface area contributed by atoms with E-state index in [0.29, 0.717) is 43.8 Å². The van der Waals surface area contributed by atoms with Crippen molar-refractivity contribution in [2.45, 2.75) is 26.0 Å². The average Bonchev–Trinajstić information content (AvgIpc) is 3.16. The van der Waals surface area contributed by atoms with Gasteiger partial charge in [0.25, 0.3) is 0 Å². The summed E-state index contributed by atoms with van der Waals surface area (Å²) in [7, 11) is 0. The molecule has 1 saturated heterocycles. The van der Waals surface area contributed by atoms with Crippen molar-refractivity contribution >= 4 is 22.5 Å². The van der Waals surface area contributed by atoms with Crippen LogP contribution in [-0.4, -0.2) is 58.6 Å². The van der Waals surface area contributed by atoms with Crippen LogP contribution in [0, 0.1) is 0 Å². The number of H-pyrrole nitrogens is 1. The van der Waals surface area contributed by atoms with Crippen molar-refractivity contribution in [1.29, 1.82) is 0 Å². The Balaban J connectivity index is 1.54. The maximum Gasteiger partial charge on any atom is 0.229 e. The van der Waals surface area contributed by atoms with E-state index in [1.807, 2.05) is 30.5 Å². The van der Waals surface area contributed by atoms with Crippen LogP contribution in [0.2, 0.25) is 0 Å². The normalized spacial score (nSPS) is 15.2. The zero-order valence-electron chi connectivity index (χ0n) is 17.2. The highest BCUT2D eigenvalue weighted by molar-refractivity contribution is 5.90. The van der Waals surface area contributed by atoms with Crippen molar-refractivity contribution in [1.82, 2.24) is 15.0 Å². The minimum Gasteiger partial charge on any atom is -0.474 e. The summed E-state index contributed by atoms with van der Waals surface area (Å²) in [5.41, 5.74) is 1.54. The number of nitrogens with one attached hydrogen (secondary N) is 1. The molecule has 0 spiro atoms. The second-order valence-electron chi connectivity index (χ2n) is 7.82. The third-order valence-corrected chi connectivity index (χ3v) is 4.59. The second kappa shape index (κ2) is 8.76. The molecule has 0 aliphatic carbocycles. The number of morpholine rings is 1. The van der Waals surface area contributed by atoms with Crippen LogP contribution in [-0.2, 0) is 11.3 Å². The summed E-state index contributed by atoms with van der Waals surface area (Å²) in [6.45, 7) is 6.49. The Kier molecular flexibility index (Phi) is 5.91. The number of anilines is 1. The van der Waals surface area contributed by atoms with Crippen LogP contribution in [0.3, 0.4) is 0 Å². The molecule has 4 rings (SSSR count). The fourth-order valence-corrected chi connectivity index (χ4v) is 3.09. The lowest BCUT2D eigenvalue weighted by atomic mass is 10.2. The molecule has 2 N–H and O–H groups in total. The third-order valence-electron chi connectivity index (χ3n) is 4.59. The van der Waals surface area contributed by atoms with Crippen LogP contribution in [0.5, 0.6) is 5.88 Å². The number of nitrogens with zero attached hydrogens (tertiary/aromatic N) is 5. The van der Waals surface area contributed by atoms with Crippen LogP contribution in [0.25, 0.3) is 10.9 Å². The molecule has 0 bridgehead atoms. The molecular weight excluding hydrogens is 384 g/mol. The lowest BCUT2D eigenvalue weighted by molar-refractivity contribution is 0.0267. The van der Waals surface area contributed by atoms with Gasteiger partial charge in [0.05, 0.1) is 24.5 Å². The van der Waals surface area contributed by atoms with E-state index in [1.54, 1.807) is 19.9 Å². The standard InChI is InChI=1S/C21H26N6O3/c1-21(2,28)14-30-19-11-15(24-20(25-19)27-7-9-29-10-8-27)12-23-26-18-13-22-17-6-4-3-5-16(17)18/h3-6,11,13,22,28H,7-10,12,14H2,1-2H3. The zero-order valence-corrected chi connectivity index (χ0v) is 17.2. The predicted octanol–water partition coefficient (Wildman–Crippen LogP) is 3.23. The highest BCUT2D eigenvalue weighted by Gasteiger charge is 2.18. The second-order valence-corrected chi connectivity index (χ2v) is 7.82. The van der Waals surface area contributed by atoms with Gasteiger partial charge in [-0.05, 0) is 19.9 Å². The predicted molar refractivity (Wildman–Crippen MR) is 113 cm³/mol. The van der Waals surface area contributed by atoms with E-state index in [9.17, 15) is 5.11 Å². The number of benzene rings is 1. The summed E-state index contributed by atoms with van der Waals surface area (Å²) < 4.78 is 11.1. The van der Waals surface area contributed by atoms with Gasteiger partial charge in [0.1, 0.15) is 18.8 Å². The number of ether oxygens (including phenoxy) is 2. The molecule has 9 heteroatoms. The van der Waals surface area contributed by atoms with Gasteiger partial charge < -0.3 is 24.5 Å². The molecule has 1 aromatic carbocycles. The molecule has 3 aromatic rings. The summed E-state index contributed by atoms with van der Waals surface area (Å²) >= 11 is 0. The van der Waals surface area contributed by atoms with Crippen molar-refractivity contribution in [2.75, 3.05) is 37.8 Å². The van der Waals surface area contributed by atoms with E-state index in [1.165, 1.54) is 0 Å². The third kappa shape index (κ3) is 5.11. The molecule has 1 fully saturated rings. The Morgan fingerprint density at radius 1 is 1.23 bits per heavy atom. The van der Waals surface area contributed by atoms with Gasteiger partial charge in [-0.15, -0.1) is 0 Å². The van der Waals surface area contributed by atoms with Crippen molar-refractivity contribution in [3.8, 4) is 5.88 Å². The van der Waals surface area contributed by atoms with E-state index in [2.05, 4.69) is 30.1 Å². The first-order chi connectivity index (χ1) is 14.5. The van der Waals surface area contributed by atoms with Crippen molar-refractivity contribution in [3.05, 3.63) is 42.2 Å². The van der Waals surface area contributed by atoms with E-state index in [0.717, 1.165) is 16.6 Å². The zero-order chi connectivity index (χ0) is 21.0. The number of aliphatic hydroxyl groups is 1. The van der Waals surface area contributed by atoms with Crippen LogP contribution in [0.15, 0.2) is 46.8 Å². The van der Waals surface area contributed by atoms with E-state index < -0.39 is 5.60 Å². The number of para-hydroxylation sites is 1. The first kappa shape index (κ1) is 20.2. The molecular formula is C21H26N6O3. The minimum absolute atomic E-state index is 0.128. The summed E-state index contributed by atoms with van der Waals surface area (Å²) in [4.78, 5) is 14.4. The molecule has 1 aliphatic rings. The van der Waals surface area contributed by atoms with Gasteiger partial charge in [-0.3, -0.25) is 0 Å². The van der Waals surface area contributed by atoms with Gasteiger partial charge in [0, 0.05) is 36.3 Å². The number of rotatable bonds is 7. The highest BCUT2D eigenvalue weighted by Crippen LogP contribution is 2.26. The van der Waals surface area contributed by atoms with E-state index >= 15 is 0 Å². The van der Waals surface area contributed by atoms with Gasteiger partial charge in [-0.1, -0.05) is 18.2 Å². The van der Waals surface area contributed by atoms with Crippen molar-refractivity contribution in [3.63, 3.8) is 0 Å². The Bertz CT molecular complexity index is 1020. The number of aromatic amines is 1. The first-order valence-corrected chi connectivity index (χ1v) is 9.97. The Labute approximate surface area is 174 Å². The minimum atomic E-state index is -0.959. The summed E-state index contributed by atoms with van der Waals surface area (Å²) in [6, 6.07) is 9.69. The fourth-order valence-electron chi connectivity index (χ4n) is 3.09. The molecule has 0 atom stereocenters. The molecule has 158 valence electrons. The highest BCUT2D eigenvalue weighted by atomic mass is 16.5. The maximum absolute atomic E-state index is 9.97. The number of aromatic nitrogens is 3. The van der Waals surface area contributed by atoms with Gasteiger partial charge in [-0.2, -0.15) is 15.2 Å². The SMILES string of the molecule is CC(C)(O)COc1cc(CN=Nc2c[nH]c3ccccc23)nc(N2CCOCC2)n1. The van der Waals surface area contributed by atoms with Gasteiger partial charge >= 0.3 is 0 Å². The van der Waals surface area contributed by atoms with Crippen LogP contribution in [0.1, 0.15) is 19.5 Å². The maximum atomic E-state index is 9.97. The topological polar surface area (TPSA) is 108 Å². The number of hydrogen-bond donors (Lipinski definition) is 2. The molecule has 9 nitrogen and oxygen atoms in total. The van der Waals surface area contributed by atoms with E-state index in [4.69, 9.17) is 9.47 Å². The molecule has 3 heterocycles. The molecule has 1 aliphatic heterocycles. The molecule has 0 radical (unpaired) electrons. The van der Waals surface area contributed by atoms with Crippen LogP contribution < -0.4 is 9.64 Å². The molecule has 30 heavy (non-hydrogen) atoms. The van der Waals surface area contributed by atoms with Gasteiger partial charge in [-0.25, -0.2) is 4.98 Å². The molecule has 2 aromatic heterocycles. The largest absolute Gasteiger partial charge is 0.474 e. The lowest BCUT2D eigenvalue weighted by Gasteiger charge is -2.27. The number of hydrogen-bond acceptors (Lipinski definition) is 8. The summed E-state index contributed by atoms with van der Waals surface area (Å²) in [6.07, 6.45) is 1.84. The van der Waals surface area contributed by atoms with Gasteiger partial charge in [0.15, 0.2) is 0 Å². The van der Waals surface area contributed by atoms with Crippen LogP contribution in [0.4, 0.5) is 11.6 Å². The Hall–Kier alpha value is -3.04. The monoisotopic (exact) mass is 410 g/mol. The van der Waals surface area contributed by atoms with Crippen LogP contribution >= 0.6 is 0 Å². The van der Waals surface area contributed by atoms with Gasteiger partial charge in [0.2, 0.25) is 11.8 Å². The lowest BCUT2D eigenvalue weighted by Crippen LogP contribution is -2.37. The van der Waals surface area contributed by atoms with Crippen molar-refractivity contribution < 1.29 is 14.6 Å². The molecule has 0 unspecified atom stereocenters. The molecule has 0 saturated carbocycles. The quantitative estimate of drug-likeness (QED) is 0.579. The number of azo groups is 1. The average molecular weight is 410 g/mol. The first-order valence-electron chi connectivity index (χ1n) is 9.97. The molecule has 0 amide bonds. The van der Waals surface area contributed by atoms with E-state index in [-0.39, 0.29) is 13.2 Å². The number of fused-ring (bicyclic) bond motifs is 1. The Morgan fingerprint density at radius 3 is 2.83 bits per heavy atom. The fraction of sp³-hybridized carbons (Fsp3) is 0.429. The smallest absolute Gasteiger partial charge is 0.229 e. The van der Waals surface area contributed by atoms with Crippen molar-refractivity contribution in [2.24, 2.45) is 10.2 Å². The summed E-state index contributed by atoms with van der Waals surface area (Å²) in [5.74, 6) is 0.981. The Morgan fingerprint density at radius 2 is 2.03 bits per heavy atom.